The van der Waals surface area contributed by atoms with E-state index in [0.29, 0.717) is 18.5 Å². The number of nitrogens with zero attached hydrogens (tertiary/aromatic N) is 2. The van der Waals surface area contributed by atoms with Gasteiger partial charge in [0.05, 0.1) is 13.1 Å². The van der Waals surface area contributed by atoms with Gasteiger partial charge in [-0.3, -0.25) is 4.79 Å². The number of aliphatic imine (C=N–C) groups is 1. The lowest BCUT2D eigenvalue weighted by Gasteiger charge is -2.31. The molecule has 0 bridgehead atoms. The van der Waals surface area contributed by atoms with E-state index < -0.39 is 0 Å². The standard InChI is InChI=1S/C19H30N4O/c1-15-9-7-8-12-17(15)22-19(21-14-18(24)23(2)3)20-13-16-10-5-4-6-11-16/h4-6,10-11,15,17H,7-9,12-14H2,1-3H3,(H2,20,21,22). The summed E-state index contributed by atoms with van der Waals surface area (Å²) in [5, 5.41) is 6.73. The summed E-state index contributed by atoms with van der Waals surface area (Å²) in [7, 11) is 3.53. The van der Waals surface area contributed by atoms with Gasteiger partial charge in [0.25, 0.3) is 0 Å². The summed E-state index contributed by atoms with van der Waals surface area (Å²) < 4.78 is 0. The van der Waals surface area contributed by atoms with Crippen LogP contribution in [0.25, 0.3) is 0 Å². The number of nitrogens with one attached hydrogen (secondary N) is 2. The molecular weight excluding hydrogens is 300 g/mol. The van der Waals surface area contributed by atoms with E-state index in [4.69, 9.17) is 0 Å². The Morgan fingerprint density at radius 2 is 1.92 bits per heavy atom. The number of hydrogen-bond acceptors (Lipinski definition) is 2. The second kappa shape index (κ2) is 9.30. The second-order valence-corrected chi connectivity index (χ2v) is 6.80. The second-order valence-electron chi connectivity index (χ2n) is 6.80. The van der Waals surface area contributed by atoms with Crippen LogP contribution >= 0.6 is 0 Å². The van der Waals surface area contributed by atoms with E-state index in [2.05, 4.69) is 34.7 Å². The number of hydrogen-bond donors (Lipinski definition) is 2. The van der Waals surface area contributed by atoms with Gasteiger partial charge in [0.15, 0.2) is 5.96 Å². The molecule has 2 atom stereocenters. The maximum absolute atomic E-state index is 11.9. The molecule has 0 heterocycles. The van der Waals surface area contributed by atoms with Crippen molar-refractivity contribution in [1.82, 2.24) is 15.5 Å². The van der Waals surface area contributed by atoms with Gasteiger partial charge in [-0.15, -0.1) is 0 Å². The van der Waals surface area contributed by atoms with Gasteiger partial charge in [0.2, 0.25) is 5.91 Å². The van der Waals surface area contributed by atoms with E-state index >= 15 is 0 Å². The van der Waals surface area contributed by atoms with Gasteiger partial charge >= 0.3 is 0 Å². The van der Waals surface area contributed by atoms with Crippen LogP contribution in [0.5, 0.6) is 0 Å². The van der Waals surface area contributed by atoms with Crippen LogP contribution in [0, 0.1) is 5.92 Å². The molecule has 0 radical (unpaired) electrons. The molecule has 1 saturated carbocycles. The molecule has 2 unspecified atom stereocenters. The van der Waals surface area contributed by atoms with Crippen molar-refractivity contribution >= 4 is 11.9 Å². The Morgan fingerprint density at radius 3 is 2.58 bits per heavy atom. The van der Waals surface area contributed by atoms with Gasteiger partial charge in [-0.25, -0.2) is 4.99 Å². The molecule has 0 spiro atoms. The highest BCUT2D eigenvalue weighted by atomic mass is 16.2. The molecule has 1 amide bonds. The van der Waals surface area contributed by atoms with Gasteiger partial charge in [-0.1, -0.05) is 50.1 Å². The van der Waals surface area contributed by atoms with E-state index in [1.165, 1.54) is 19.3 Å². The summed E-state index contributed by atoms with van der Waals surface area (Å²) in [6.45, 7) is 3.15. The molecule has 1 fully saturated rings. The first-order valence-corrected chi connectivity index (χ1v) is 8.85. The molecule has 24 heavy (non-hydrogen) atoms. The van der Waals surface area contributed by atoms with Crippen molar-refractivity contribution in [2.75, 3.05) is 20.6 Å². The fraction of sp³-hybridized carbons (Fsp3) is 0.579. The average Bonchev–Trinajstić information content (AvgIpc) is 2.59. The summed E-state index contributed by atoms with van der Waals surface area (Å²) in [4.78, 5) is 18.1. The van der Waals surface area contributed by atoms with Gasteiger partial charge in [-0.2, -0.15) is 0 Å². The predicted octanol–water partition coefficient (Wildman–Crippen LogP) is 2.39. The van der Waals surface area contributed by atoms with Crippen molar-refractivity contribution in [2.45, 2.75) is 45.2 Å². The zero-order valence-corrected chi connectivity index (χ0v) is 15.1. The van der Waals surface area contributed by atoms with Crippen molar-refractivity contribution in [2.24, 2.45) is 10.9 Å². The first kappa shape index (κ1) is 18.3. The minimum absolute atomic E-state index is 0.0425. The van der Waals surface area contributed by atoms with Crippen LogP contribution in [0.4, 0.5) is 0 Å². The van der Waals surface area contributed by atoms with Crippen LogP contribution in [-0.2, 0) is 11.3 Å². The average molecular weight is 330 g/mol. The van der Waals surface area contributed by atoms with E-state index in [1.54, 1.807) is 19.0 Å². The maximum atomic E-state index is 11.9. The molecular formula is C19H30N4O. The minimum Gasteiger partial charge on any atom is -0.353 e. The molecule has 5 nitrogen and oxygen atoms in total. The van der Waals surface area contributed by atoms with Crippen LogP contribution in [-0.4, -0.2) is 43.4 Å². The van der Waals surface area contributed by atoms with Gasteiger partial charge < -0.3 is 15.5 Å². The molecule has 1 aliphatic carbocycles. The third kappa shape index (κ3) is 5.87. The Balaban J connectivity index is 2.00. The summed E-state index contributed by atoms with van der Waals surface area (Å²) in [6, 6.07) is 10.6. The van der Waals surface area contributed by atoms with Crippen LogP contribution < -0.4 is 10.6 Å². The Morgan fingerprint density at radius 1 is 1.21 bits per heavy atom. The first-order chi connectivity index (χ1) is 11.6. The molecule has 0 aromatic heterocycles. The smallest absolute Gasteiger partial charge is 0.241 e. The number of rotatable bonds is 5. The number of likely N-dealkylation sites (N-methyl/N-ethyl adjacent to an activating group) is 1. The maximum Gasteiger partial charge on any atom is 0.241 e. The number of benzene rings is 1. The normalized spacial score (nSPS) is 21.2. The van der Waals surface area contributed by atoms with Crippen LogP contribution in [0.3, 0.4) is 0 Å². The zero-order valence-electron chi connectivity index (χ0n) is 15.1. The lowest BCUT2D eigenvalue weighted by atomic mass is 9.86. The monoisotopic (exact) mass is 330 g/mol. The van der Waals surface area contributed by atoms with Crippen molar-refractivity contribution in [3.8, 4) is 0 Å². The number of guanidine groups is 1. The highest BCUT2D eigenvalue weighted by Gasteiger charge is 2.22. The van der Waals surface area contributed by atoms with Crippen LogP contribution in [0.1, 0.15) is 38.2 Å². The molecule has 2 N–H and O–H groups in total. The molecule has 1 aliphatic rings. The highest BCUT2D eigenvalue weighted by molar-refractivity contribution is 5.86. The Bertz CT molecular complexity index is 542. The topological polar surface area (TPSA) is 56.7 Å². The van der Waals surface area contributed by atoms with Gasteiger partial charge in [0.1, 0.15) is 0 Å². The number of carbonyl (C=O) groups is 1. The minimum atomic E-state index is 0.0425. The summed E-state index contributed by atoms with van der Waals surface area (Å²) in [5.74, 6) is 1.40. The van der Waals surface area contributed by atoms with E-state index in [-0.39, 0.29) is 12.5 Å². The SMILES string of the molecule is CC1CCCCC1NC(=NCc1ccccc1)NCC(=O)N(C)C. The molecule has 0 saturated heterocycles. The Kier molecular flexibility index (Phi) is 7.09. The lowest BCUT2D eigenvalue weighted by molar-refractivity contribution is -0.127. The molecule has 2 rings (SSSR count). The third-order valence-electron chi connectivity index (χ3n) is 4.60. The quantitative estimate of drug-likeness (QED) is 0.644. The fourth-order valence-electron chi connectivity index (χ4n) is 2.93. The summed E-state index contributed by atoms with van der Waals surface area (Å²) in [6.07, 6.45) is 4.97. The van der Waals surface area contributed by atoms with Gasteiger partial charge in [-0.05, 0) is 24.3 Å². The largest absolute Gasteiger partial charge is 0.353 e. The highest BCUT2D eigenvalue weighted by Crippen LogP contribution is 2.23. The van der Waals surface area contributed by atoms with Crippen molar-refractivity contribution in [1.29, 1.82) is 0 Å². The number of carbonyl (C=O) groups excluding carboxylic acids is 1. The Labute approximate surface area is 145 Å². The number of amides is 1. The van der Waals surface area contributed by atoms with E-state index in [0.717, 1.165) is 17.9 Å². The predicted molar refractivity (Wildman–Crippen MR) is 98.8 cm³/mol. The molecule has 1 aromatic rings. The summed E-state index contributed by atoms with van der Waals surface area (Å²) in [5.41, 5.74) is 1.16. The van der Waals surface area contributed by atoms with Crippen molar-refractivity contribution in [3.05, 3.63) is 35.9 Å². The molecule has 1 aromatic carbocycles. The lowest BCUT2D eigenvalue weighted by Crippen LogP contribution is -2.49. The zero-order chi connectivity index (χ0) is 17.4. The third-order valence-corrected chi connectivity index (χ3v) is 4.60. The van der Waals surface area contributed by atoms with Gasteiger partial charge in [0, 0.05) is 20.1 Å². The van der Waals surface area contributed by atoms with E-state index in [9.17, 15) is 4.79 Å². The van der Waals surface area contributed by atoms with Crippen LogP contribution in [0.2, 0.25) is 0 Å². The molecule has 0 aliphatic heterocycles. The Hall–Kier alpha value is -2.04. The molecule has 5 heteroatoms. The first-order valence-electron chi connectivity index (χ1n) is 8.85. The summed E-state index contributed by atoms with van der Waals surface area (Å²) >= 11 is 0. The van der Waals surface area contributed by atoms with E-state index in [1.807, 2.05) is 18.2 Å². The van der Waals surface area contributed by atoms with Crippen LogP contribution in [0.15, 0.2) is 35.3 Å². The van der Waals surface area contributed by atoms with Crippen molar-refractivity contribution in [3.63, 3.8) is 0 Å². The fourth-order valence-corrected chi connectivity index (χ4v) is 2.93. The van der Waals surface area contributed by atoms with Crippen molar-refractivity contribution < 1.29 is 4.79 Å². The molecule has 132 valence electrons.